The smallest absolute Gasteiger partial charge is 0.267 e. The van der Waals surface area contributed by atoms with Crippen molar-refractivity contribution in [2.75, 3.05) is 28.6 Å². The first-order valence-corrected chi connectivity index (χ1v) is 10.1. The van der Waals surface area contributed by atoms with Crippen molar-refractivity contribution in [3.05, 3.63) is 52.1 Å². The van der Waals surface area contributed by atoms with Crippen molar-refractivity contribution in [2.24, 2.45) is 0 Å². The van der Waals surface area contributed by atoms with Gasteiger partial charge in [0, 0.05) is 36.2 Å². The van der Waals surface area contributed by atoms with Crippen molar-refractivity contribution < 1.29 is 4.79 Å². The van der Waals surface area contributed by atoms with E-state index in [0.717, 1.165) is 41.7 Å². The summed E-state index contributed by atoms with van der Waals surface area (Å²) in [6.07, 6.45) is 0. The van der Waals surface area contributed by atoms with E-state index in [0.29, 0.717) is 10.8 Å². The molecule has 0 spiro atoms. The second-order valence-corrected chi connectivity index (χ2v) is 7.14. The van der Waals surface area contributed by atoms with Crippen molar-refractivity contribution in [2.45, 2.75) is 27.7 Å². The molecule has 0 saturated carbocycles. The molecule has 0 unspecified atom stereocenters. The Morgan fingerprint density at radius 3 is 2.36 bits per heavy atom. The Morgan fingerprint density at radius 1 is 1.07 bits per heavy atom. The summed E-state index contributed by atoms with van der Waals surface area (Å²) in [5.41, 5.74) is 4.89. The van der Waals surface area contributed by atoms with Crippen LogP contribution in [0.3, 0.4) is 0 Å². The monoisotopic (exact) mass is 396 g/mol. The summed E-state index contributed by atoms with van der Waals surface area (Å²) < 4.78 is 0. The SMILES string of the molecule is CCN(CC)c1cc(C)nc(Nc2ccc(NC(=O)c3scnc3C)cc2)n1. The minimum absolute atomic E-state index is 0.147. The van der Waals surface area contributed by atoms with Gasteiger partial charge in [-0.15, -0.1) is 11.3 Å². The maximum Gasteiger partial charge on any atom is 0.267 e. The molecular weight excluding hydrogens is 372 g/mol. The van der Waals surface area contributed by atoms with E-state index in [9.17, 15) is 4.79 Å². The molecule has 3 rings (SSSR count). The van der Waals surface area contributed by atoms with Crippen LogP contribution in [0.4, 0.5) is 23.1 Å². The van der Waals surface area contributed by atoms with Crippen molar-refractivity contribution in [3.8, 4) is 0 Å². The maximum atomic E-state index is 12.3. The molecule has 0 bridgehead atoms. The Bertz CT molecular complexity index is 950. The normalized spacial score (nSPS) is 10.6. The molecule has 0 aliphatic rings. The van der Waals surface area contributed by atoms with E-state index in [1.807, 2.05) is 44.2 Å². The molecule has 28 heavy (non-hydrogen) atoms. The average molecular weight is 397 g/mol. The average Bonchev–Trinajstić information content (AvgIpc) is 3.10. The Kier molecular flexibility index (Phi) is 6.20. The highest BCUT2D eigenvalue weighted by molar-refractivity contribution is 7.12. The van der Waals surface area contributed by atoms with Crippen LogP contribution in [0, 0.1) is 13.8 Å². The Labute approximate surface area is 168 Å². The van der Waals surface area contributed by atoms with Gasteiger partial charge in [0.05, 0.1) is 11.2 Å². The molecule has 1 aromatic carbocycles. The largest absolute Gasteiger partial charge is 0.357 e. The van der Waals surface area contributed by atoms with Crippen LogP contribution in [-0.4, -0.2) is 33.9 Å². The predicted molar refractivity (Wildman–Crippen MR) is 115 cm³/mol. The second kappa shape index (κ2) is 8.79. The fraction of sp³-hybridized carbons (Fsp3) is 0.300. The van der Waals surface area contributed by atoms with Gasteiger partial charge in [-0.05, 0) is 52.0 Å². The molecule has 2 heterocycles. The number of carbonyl (C=O) groups is 1. The standard InChI is InChI=1S/C20H24N6OS/c1-5-26(6-2)17-11-13(3)22-20(25-17)24-16-9-7-15(8-10-16)23-19(27)18-14(4)21-12-28-18/h7-12H,5-6H2,1-4H3,(H,23,27)(H,22,24,25). The Morgan fingerprint density at radius 2 is 1.75 bits per heavy atom. The number of amides is 1. The number of thiazole rings is 1. The van der Waals surface area contributed by atoms with E-state index < -0.39 is 0 Å². The van der Waals surface area contributed by atoms with Crippen LogP contribution in [0.25, 0.3) is 0 Å². The van der Waals surface area contributed by atoms with Gasteiger partial charge in [-0.3, -0.25) is 4.79 Å². The zero-order chi connectivity index (χ0) is 20.1. The third-order valence-corrected chi connectivity index (χ3v) is 5.21. The van der Waals surface area contributed by atoms with Gasteiger partial charge in [0.25, 0.3) is 5.91 Å². The number of aromatic nitrogens is 3. The van der Waals surface area contributed by atoms with E-state index >= 15 is 0 Å². The summed E-state index contributed by atoms with van der Waals surface area (Å²) in [6.45, 7) is 9.77. The van der Waals surface area contributed by atoms with Gasteiger partial charge in [-0.2, -0.15) is 4.98 Å². The van der Waals surface area contributed by atoms with Gasteiger partial charge >= 0.3 is 0 Å². The highest BCUT2D eigenvalue weighted by Gasteiger charge is 2.12. The molecule has 1 amide bonds. The molecule has 2 aromatic heterocycles. The van der Waals surface area contributed by atoms with Crippen LogP contribution in [0.5, 0.6) is 0 Å². The lowest BCUT2D eigenvalue weighted by Gasteiger charge is -2.20. The summed E-state index contributed by atoms with van der Waals surface area (Å²) in [7, 11) is 0. The topological polar surface area (TPSA) is 83.0 Å². The van der Waals surface area contributed by atoms with Gasteiger partial charge in [-0.25, -0.2) is 9.97 Å². The number of carbonyl (C=O) groups excluding carboxylic acids is 1. The minimum Gasteiger partial charge on any atom is -0.357 e. The first-order valence-electron chi connectivity index (χ1n) is 9.19. The summed E-state index contributed by atoms with van der Waals surface area (Å²) in [5.74, 6) is 1.31. The lowest BCUT2D eigenvalue weighted by atomic mass is 10.2. The first kappa shape index (κ1) is 19.8. The van der Waals surface area contributed by atoms with Crippen molar-refractivity contribution in [1.82, 2.24) is 15.0 Å². The minimum atomic E-state index is -0.147. The molecule has 0 radical (unpaired) electrons. The van der Waals surface area contributed by atoms with Crippen LogP contribution >= 0.6 is 11.3 Å². The number of nitrogens with zero attached hydrogens (tertiary/aromatic N) is 4. The zero-order valence-electron chi connectivity index (χ0n) is 16.5. The van der Waals surface area contributed by atoms with Crippen LogP contribution in [0.1, 0.15) is 34.9 Å². The van der Waals surface area contributed by atoms with Gasteiger partial charge in [0.15, 0.2) is 0 Å². The third-order valence-electron chi connectivity index (χ3n) is 4.28. The van der Waals surface area contributed by atoms with E-state index in [1.54, 1.807) is 5.51 Å². The number of hydrogen-bond acceptors (Lipinski definition) is 7. The molecule has 2 N–H and O–H groups in total. The van der Waals surface area contributed by atoms with Crippen LogP contribution < -0.4 is 15.5 Å². The van der Waals surface area contributed by atoms with Gasteiger partial charge in [0.2, 0.25) is 5.95 Å². The van der Waals surface area contributed by atoms with Crippen LogP contribution in [0.2, 0.25) is 0 Å². The summed E-state index contributed by atoms with van der Waals surface area (Å²) >= 11 is 1.33. The van der Waals surface area contributed by atoms with Crippen molar-refractivity contribution in [1.29, 1.82) is 0 Å². The number of benzene rings is 1. The summed E-state index contributed by atoms with van der Waals surface area (Å²) in [5, 5.41) is 6.13. The molecular formula is C20H24N6OS. The molecule has 0 fully saturated rings. The van der Waals surface area contributed by atoms with Crippen LogP contribution in [-0.2, 0) is 0 Å². The van der Waals surface area contributed by atoms with E-state index in [-0.39, 0.29) is 5.91 Å². The Balaban J connectivity index is 1.71. The first-order chi connectivity index (χ1) is 13.5. The third kappa shape index (κ3) is 4.64. The fourth-order valence-corrected chi connectivity index (χ4v) is 3.49. The van der Waals surface area contributed by atoms with Crippen LogP contribution in [0.15, 0.2) is 35.8 Å². The van der Waals surface area contributed by atoms with E-state index in [1.165, 1.54) is 11.3 Å². The summed E-state index contributed by atoms with van der Waals surface area (Å²) in [6, 6.07) is 9.45. The zero-order valence-corrected chi connectivity index (χ0v) is 17.3. The molecule has 8 heteroatoms. The number of rotatable bonds is 7. The number of anilines is 4. The van der Waals surface area contributed by atoms with Crippen molar-refractivity contribution in [3.63, 3.8) is 0 Å². The Hall–Kier alpha value is -3.00. The number of aryl methyl sites for hydroxylation is 2. The molecule has 0 aliphatic heterocycles. The van der Waals surface area contributed by atoms with E-state index in [4.69, 9.17) is 0 Å². The fourth-order valence-electron chi connectivity index (χ4n) is 2.79. The molecule has 3 aromatic rings. The lowest BCUT2D eigenvalue weighted by Crippen LogP contribution is -2.23. The lowest BCUT2D eigenvalue weighted by molar-refractivity contribution is 0.103. The van der Waals surface area contributed by atoms with Gasteiger partial charge < -0.3 is 15.5 Å². The number of hydrogen-bond donors (Lipinski definition) is 2. The van der Waals surface area contributed by atoms with Gasteiger partial charge in [0.1, 0.15) is 10.7 Å². The highest BCUT2D eigenvalue weighted by atomic mass is 32.1. The molecule has 146 valence electrons. The predicted octanol–water partition coefficient (Wildman–Crippen LogP) is 4.39. The second-order valence-electron chi connectivity index (χ2n) is 6.29. The van der Waals surface area contributed by atoms with Crippen molar-refractivity contribution >= 4 is 40.4 Å². The number of nitrogens with one attached hydrogen (secondary N) is 2. The maximum absolute atomic E-state index is 12.3. The molecule has 0 aliphatic carbocycles. The highest BCUT2D eigenvalue weighted by Crippen LogP contribution is 2.21. The quantitative estimate of drug-likeness (QED) is 0.616. The van der Waals surface area contributed by atoms with Gasteiger partial charge in [-0.1, -0.05) is 0 Å². The molecule has 0 atom stereocenters. The molecule has 7 nitrogen and oxygen atoms in total. The van der Waals surface area contributed by atoms with E-state index in [2.05, 4.69) is 44.3 Å². The summed E-state index contributed by atoms with van der Waals surface area (Å²) in [4.78, 5) is 28.3. The molecule has 0 saturated heterocycles.